The Morgan fingerprint density at radius 1 is 1.00 bits per heavy atom. The van der Waals surface area contributed by atoms with Crippen molar-refractivity contribution in [3.8, 4) is 27.4 Å². The molecule has 0 radical (unpaired) electrons. The van der Waals surface area contributed by atoms with Crippen molar-refractivity contribution in [3.05, 3.63) is 91.0 Å². The van der Waals surface area contributed by atoms with Gasteiger partial charge in [-0.2, -0.15) is 0 Å². The molecule has 1 fully saturated rings. The molecule has 1 aliphatic rings. The molecule has 0 saturated carbocycles. The zero-order valence-electron chi connectivity index (χ0n) is 17.8. The van der Waals surface area contributed by atoms with Crippen LogP contribution in [0.4, 0.5) is 4.39 Å². The maximum atomic E-state index is 13.8. The monoisotopic (exact) mass is 533 g/mol. The highest BCUT2D eigenvalue weighted by atomic mass is 35.5. The van der Waals surface area contributed by atoms with Gasteiger partial charge in [0.25, 0.3) is 5.56 Å². The van der Waals surface area contributed by atoms with Crippen LogP contribution in [0.25, 0.3) is 27.4 Å². The third-order valence-corrected chi connectivity index (χ3v) is 8.04. The number of hydrogen-bond acceptors (Lipinski definition) is 4. The summed E-state index contributed by atoms with van der Waals surface area (Å²) in [7, 11) is 0. The first kappa shape index (κ1) is 23.5. The molecule has 9 heteroatoms. The minimum atomic E-state index is -0.402. The van der Waals surface area contributed by atoms with Crippen molar-refractivity contribution in [3.63, 3.8) is 0 Å². The van der Waals surface area contributed by atoms with Gasteiger partial charge in [-0.15, -0.1) is 11.3 Å². The summed E-state index contributed by atoms with van der Waals surface area (Å²) in [6, 6.07) is 12.6. The number of rotatable bonds is 4. The summed E-state index contributed by atoms with van der Waals surface area (Å²) in [5.41, 5.74) is 2.23. The summed E-state index contributed by atoms with van der Waals surface area (Å²) < 4.78 is 15.2. The van der Waals surface area contributed by atoms with Crippen LogP contribution in [0.1, 0.15) is 23.8 Å². The molecule has 0 atom stereocenters. The van der Waals surface area contributed by atoms with Gasteiger partial charge in [-0.1, -0.05) is 40.9 Å². The molecule has 1 aliphatic heterocycles. The van der Waals surface area contributed by atoms with Crippen molar-refractivity contribution in [1.82, 2.24) is 14.9 Å². The fourth-order valence-electron chi connectivity index (χ4n) is 4.15. The summed E-state index contributed by atoms with van der Waals surface area (Å²) in [5, 5.41) is 5.41. The molecule has 2 aromatic heterocycles. The van der Waals surface area contributed by atoms with Crippen molar-refractivity contribution < 1.29 is 4.39 Å². The van der Waals surface area contributed by atoms with E-state index in [0.717, 1.165) is 35.8 Å². The molecule has 174 valence electrons. The number of pyridine rings is 1. The predicted molar refractivity (Wildman–Crippen MR) is 138 cm³/mol. The SMILES string of the molecule is O=c1ccc(-c2nc(C3CCNCC3)sc2-c2ccc(F)cc2Cl)cn1-c1c(Cl)cccc1Cl. The molecule has 4 nitrogen and oxygen atoms in total. The molecular formula is C25H19Cl3FN3OS. The van der Waals surface area contributed by atoms with Crippen LogP contribution in [0.3, 0.4) is 0 Å². The number of hydrogen-bond donors (Lipinski definition) is 1. The molecule has 0 amide bonds. The van der Waals surface area contributed by atoms with Crippen LogP contribution in [0.15, 0.2) is 59.5 Å². The van der Waals surface area contributed by atoms with Crippen molar-refractivity contribution in [2.45, 2.75) is 18.8 Å². The van der Waals surface area contributed by atoms with E-state index in [1.807, 2.05) is 0 Å². The van der Waals surface area contributed by atoms with Gasteiger partial charge in [0.15, 0.2) is 0 Å². The first-order valence-electron chi connectivity index (χ1n) is 10.8. The molecular weight excluding hydrogens is 516 g/mol. The average molecular weight is 535 g/mol. The Morgan fingerprint density at radius 2 is 1.74 bits per heavy atom. The van der Waals surface area contributed by atoms with E-state index in [1.54, 1.807) is 47.9 Å². The molecule has 2 aromatic carbocycles. The highest BCUT2D eigenvalue weighted by Gasteiger charge is 2.24. The van der Waals surface area contributed by atoms with Gasteiger partial charge in [0.1, 0.15) is 5.82 Å². The Kier molecular flexibility index (Phi) is 6.78. The molecule has 1 N–H and O–H groups in total. The minimum absolute atomic E-state index is 0.270. The normalized spacial score (nSPS) is 14.5. The zero-order chi connectivity index (χ0) is 23.8. The van der Waals surface area contributed by atoms with Crippen molar-refractivity contribution in [1.29, 1.82) is 0 Å². The van der Waals surface area contributed by atoms with Crippen molar-refractivity contribution in [2.24, 2.45) is 0 Å². The standard InChI is InChI=1S/C25H19Cl3FN3OS/c26-18-2-1-3-19(27)23(18)32-13-15(4-7-21(32)33)22-24(17-6-5-16(29)12-20(17)28)34-25(31-22)14-8-10-30-11-9-14/h1-7,12-14,30H,8-11H2. The maximum absolute atomic E-state index is 13.8. The van der Waals surface area contributed by atoms with Gasteiger partial charge in [0, 0.05) is 29.3 Å². The Morgan fingerprint density at radius 3 is 2.44 bits per heavy atom. The highest BCUT2D eigenvalue weighted by molar-refractivity contribution is 7.15. The predicted octanol–water partition coefficient (Wildman–Crippen LogP) is 7.19. The van der Waals surface area contributed by atoms with Crippen LogP contribution in [-0.4, -0.2) is 22.6 Å². The number of benzene rings is 2. The molecule has 34 heavy (non-hydrogen) atoms. The number of nitrogens with zero attached hydrogens (tertiary/aromatic N) is 2. The van der Waals surface area contributed by atoms with Crippen LogP contribution >= 0.6 is 46.1 Å². The van der Waals surface area contributed by atoms with E-state index in [1.165, 1.54) is 22.8 Å². The van der Waals surface area contributed by atoms with Gasteiger partial charge in [-0.25, -0.2) is 9.37 Å². The van der Waals surface area contributed by atoms with Gasteiger partial charge in [0.05, 0.1) is 36.3 Å². The lowest BCUT2D eigenvalue weighted by molar-refractivity contribution is 0.459. The van der Waals surface area contributed by atoms with Crippen LogP contribution in [0.2, 0.25) is 15.1 Å². The van der Waals surface area contributed by atoms with Crippen LogP contribution in [0.5, 0.6) is 0 Å². The zero-order valence-corrected chi connectivity index (χ0v) is 20.9. The fourth-order valence-corrected chi connectivity index (χ4v) is 6.35. The number of halogens is 4. The third-order valence-electron chi connectivity index (χ3n) is 5.87. The van der Waals surface area contributed by atoms with Gasteiger partial charge in [-0.3, -0.25) is 9.36 Å². The van der Waals surface area contributed by atoms with E-state index >= 15 is 0 Å². The molecule has 5 rings (SSSR count). The Labute approximate surface area is 214 Å². The smallest absolute Gasteiger partial charge is 0.255 e. The fraction of sp³-hybridized carbons (Fsp3) is 0.200. The average Bonchev–Trinajstić information content (AvgIpc) is 3.26. The molecule has 0 aliphatic carbocycles. The van der Waals surface area contributed by atoms with E-state index < -0.39 is 5.82 Å². The first-order chi connectivity index (χ1) is 16.4. The minimum Gasteiger partial charge on any atom is -0.317 e. The van der Waals surface area contributed by atoms with Crippen LogP contribution in [-0.2, 0) is 0 Å². The quantitative estimate of drug-likeness (QED) is 0.301. The van der Waals surface area contributed by atoms with Gasteiger partial charge in [-0.05, 0) is 62.3 Å². The number of thiazole rings is 1. The van der Waals surface area contributed by atoms with Crippen molar-refractivity contribution >= 4 is 46.1 Å². The number of piperidine rings is 1. The second-order valence-electron chi connectivity index (χ2n) is 8.07. The lowest BCUT2D eigenvalue weighted by Gasteiger charge is -2.20. The summed E-state index contributed by atoms with van der Waals surface area (Å²) >= 11 is 20.8. The largest absolute Gasteiger partial charge is 0.317 e. The van der Waals surface area contributed by atoms with E-state index in [2.05, 4.69) is 5.32 Å². The van der Waals surface area contributed by atoms with Crippen LogP contribution < -0.4 is 10.9 Å². The molecule has 1 saturated heterocycles. The van der Waals surface area contributed by atoms with Gasteiger partial charge in [0.2, 0.25) is 0 Å². The number of para-hydroxylation sites is 1. The van der Waals surface area contributed by atoms with Crippen LogP contribution in [0, 0.1) is 5.82 Å². The Bertz CT molecular complexity index is 1410. The summed E-state index contributed by atoms with van der Waals surface area (Å²) in [6.45, 7) is 1.87. The molecule has 3 heterocycles. The topological polar surface area (TPSA) is 46.9 Å². The lowest BCUT2D eigenvalue weighted by atomic mass is 9.99. The van der Waals surface area contributed by atoms with E-state index in [-0.39, 0.29) is 5.56 Å². The Hall–Kier alpha value is -2.22. The summed E-state index contributed by atoms with van der Waals surface area (Å²) in [6.07, 6.45) is 3.66. The summed E-state index contributed by atoms with van der Waals surface area (Å²) in [4.78, 5) is 18.6. The van der Waals surface area contributed by atoms with Gasteiger partial charge >= 0.3 is 0 Å². The molecule has 0 unspecified atom stereocenters. The Balaban J connectivity index is 1.70. The number of nitrogens with one attached hydrogen (secondary N) is 1. The van der Waals surface area contributed by atoms with E-state index in [0.29, 0.717) is 43.5 Å². The van der Waals surface area contributed by atoms with Gasteiger partial charge < -0.3 is 5.32 Å². The maximum Gasteiger partial charge on any atom is 0.255 e. The van der Waals surface area contributed by atoms with E-state index in [9.17, 15) is 9.18 Å². The first-order valence-corrected chi connectivity index (χ1v) is 12.7. The molecule has 0 spiro atoms. The van der Waals surface area contributed by atoms with E-state index in [4.69, 9.17) is 39.8 Å². The second kappa shape index (κ2) is 9.80. The number of aromatic nitrogens is 2. The second-order valence-corrected chi connectivity index (χ2v) is 10.3. The third kappa shape index (κ3) is 4.53. The summed E-state index contributed by atoms with van der Waals surface area (Å²) in [5.74, 6) is -0.0813. The highest BCUT2D eigenvalue weighted by Crippen LogP contribution is 2.43. The van der Waals surface area contributed by atoms with Crippen molar-refractivity contribution in [2.75, 3.05) is 13.1 Å². The molecule has 4 aromatic rings. The lowest BCUT2D eigenvalue weighted by Crippen LogP contribution is -2.26. The molecule has 0 bridgehead atoms.